The lowest BCUT2D eigenvalue weighted by Crippen LogP contribution is -2.40. The SMILES string of the molecule is CCOC(=O)C1=C(c2ccc(C)c(C)c2)CCN(CCC2C(=O)Nc3ccccc3C2=O)C1. The highest BCUT2D eigenvalue weighted by Gasteiger charge is 2.35. The Balaban J connectivity index is 1.51. The van der Waals surface area contributed by atoms with Gasteiger partial charge in [0.05, 0.1) is 17.9 Å². The predicted molar refractivity (Wildman–Crippen MR) is 128 cm³/mol. The first-order valence-electron chi connectivity index (χ1n) is 11.5. The number of nitrogens with one attached hydrogen (secondary N) is 1. The summed E-state index contributed by atoms with van der Waals surface area (Å²) in [5.41, 5.74) is 6.28. The molecule has 1 amide bonds. The number of anilines is 1. The van der Waals surface area contributed by atoms with Crippen molar-refractivity contribution in [3.63, 3.8) is 0 Å². The molecule has 0 saturated heterocycles. The lowest BCUT2D eigenvalue weighted by molar-refractivity contribution is -0.138. The fourth-order valence-electron chi connectivity index (χ4n) is 4.57. The Bertz CT molecular complexity index is 1130. The molecule has 2 heterocycles. The van der Waals surface area contributed by atoms with Crippen LogP contribution < -0.4 is 5.32 Å². The quantitative estimate of drug-likeness (QED) is 0.533. The van der Waals surface area contributed by atoms with Gasteiger partial charge in [-0.25, -0.2) is 4.79 Å². The number of carbonyl (C=O) groups excluding carboxylic acids is 3. The molecule has 2 aliphatic heterocycles. The van der Waals surface area contributed by atoms with Gasteiger partial charge in [-0.2, -0.15) is 0 Å². The van der Waals surface area contributed by atoms with Crippen LogP contribution in [0.5, 0.6) is 0 Å². The summed E-state index contributed by atoms with van der Waals surface area (Å²) in [6.07, 6.45) is 1.12. The summed E-state index contributed by atoms with van der Waals surface area (Å²) in [7, 11) is 0. The standard InChI is InChI=1S/C27H30N2O4/c1-4-33-27(32)23-16-29(13-11-20(23)19-10-9-17(2)18(3)15-19)14-12-22-25(30)21-7-5-6-8-24(21)28-26(22)31/h5-10,15,22H,4,11-14,16H2,1-3H3,(H,28,31). The minimum absolute atomic E-state index is 0.136. The molecule has 6 heteroatoms. The van der Waals surface area contributed by atoms with Crippen LogP contribution in [0, 0.1) is 19.8 Å². The van der Waals surface area contributed by atoms with Gasteiger partial charge >= 0.3 is 5.97 Å². The molecule has 1 unspecified atom stereocenters. The van der Waals surface area contributed by atoms with Crippen LogP contribution >= 0.6 is 0 Å². The van der Waals surface area contributed by atoms with Crippen LogP contribution in [0.2, 0.25) is 0 Å². The van der Waals surface area contributed by atoms with Gasteiger partial charge in [-0.3, -0.25) is 14.5 Å². The third-order valence-electron chi connectivity index (χ3n) is 6.62. The molecule has 2 aromatic carbocycles. The number of nitrogens with zero attached hydrogens (tertiary/aromatic N) is 1. The molecule has 1 N–H and O–H groups in total. The van der Waals surface area contributed by atoms with Gasteiger partial charge in [0.15, 0.2) is 5.78 Å². The Morgan fingerprint density at radius 1 is 1.12 bits per heavy atom. The number of hydrogen-bond donors (Lipinski definition) is 1. The fraction of sp³-hybridized carbons (Fsp3) is 0.370. The van der Waals surface area contributed by atoms with Crippen molar-refractivity contribution in [3.8, 4) is 0 Å². The molecule has 2 aromatic rings. The molecule has 6 nitrogen and oxygen atoms in total. The van der Waals surface area contributed by atoms with E-state index < -0.39 is 5.92 Å². The smallest absolute Gasteiger partial charge is 0.335 e. The maximum absolute atomic E-state index is 12.9. The van der Waals surface area contributed by atoms with Gasteiger partial charge in [-0.05, 0) is 74.6 Å². The lowest BCUT2D eigenvalue weighted by Gasteiger charge is -2.32. The second kappa shape index (κ2) is 9.71. The minimum Gasteiger partial charge on any atom is -0.463 e. The van der Waals surface area contributed by atoms with E-state index in [1.165, 1.54) is 11.1 Å². The number of rotatable bonds is 6. The van der Waals surface area contributed by atoms with Gasteiger partial charge in [0.1, 0.15) is 5.92 Å². The van der Waals surface area contributed by atoms with Gasteiger partial charge < -0.3 is 10.1 Å². The van der Waals surface area contributed by atoms with E-state index in [1.807, 2.05) is 0 Å². The summed E-state index contributed by atoms with van der Waals surface area (Å²) in [5.74, 6) is -1.40. The molecular formula is C27H30N2O4. The highest BCUT2D eigenvalue weighted by Crippen LogP contribution is 2.31. The predicted octanol–water partition coefficient (Wildman–Crippen LogP) is 4.17. The van der Waals surface area contributed by atoms with Crippen LogP contribution in [-0.4, -0.2) is 48.8 Å². The number of esters is 1. The Morgan fingerprint density at radius 3 is 2.67 bits per heavy atom. The molecule has 0 spiro atoms. The molecular weight excluding hydrogens is 416 g/mol. The van der Waals surface area contributed by atoms with E-state index in [2.05, 4.69) is 42.3 Å². The molecule has 0 aliphatic carbocycles. The fourth-order valence-corrected chi connectivity index (χ4v) is 4.57. The first-order chi connectivity index (χ1) is 15.9. The van der Waals surface area contributed by atoms with Crippen molar-refractivity contribution in [2.75, 3.05) is 31.6 Å². The van der Waals surface area contributed by atoms with Crippen LogP contribution in [-0.2, 0) is 14.3 Å². The summed E-state index contributed by atoms with van der Waals surface area (Å²) in [6, 6.07) is 13.4. The number of benzene rings is 2. The van der Waals surface area contributed by atoms with Gasteiger partial charge in [-0.15, -0.1) is 0 Å². The Labute approximate surface area is 194 Å². The van der Waals surface area contributed by atoms with Crippen molar-refractivity contribution >= 4 is 28.9 Å². The third kappa shape index (κ3) is 4.76. The largest absolute Gasteiger partial charge is 0.463 e. The number of ketones is 1. The monoisotopic (exact) mass is 446 g/mol. The lowest BCUT2D eigenvalue weighted by atomic mass is 9.88. The van der Waals surface area contributed by atoms with Crippen LogP contribution in [0.25, 0.3) is 5.57 Å². The van der Waals surface area contributed by atoms with Crippen LogP contribution in [0.4, 0.5) is 5.69 Å². The van der Waals surface area contributed by atoms with Crippen LogP contribution in [0.1, 0.15) is 46.8 Å². The number of ether oxygens (including phenoxy) is 1. The Kier molecular flexibility index (Phi) is 6.75. The number of Topliss-reactive ketones (excluding diaryl/α,β-unsaturated/α-hetero) is 1. The van der Waals surface area contributed by atoms with Crippen molar-refractivity contribution in [1.29, 1.82) is 0 Å². The number of hydrogen-bond acceptors (Lipinski definition) is 5. The van der Waals surface area contributed by atoms with E-state index in [4.69, 9.17) is 4.74 Å². The minimum atomic E-state index is -0.712. The molecule has 0 radical (unpaired) electrons. The van der Waals surface area contributed by atoms with Crippen molar-refractivity contribution < 1.29 is 19.1 Å². The van der Waals surface area contributed by atoms with Crippen molar-refractivity contribution in [2.24, 2.45) is 5.92 Å². The van der Waals surface area contributed by atoms with Crippen molar-refractivity contribution in [1.82, 2.24) is 4.90 Å². The summed E-state index contributed by atoms with van der Waals surface area (Å²) < 4.78 is 5.36. The zero-order chi connectivity index (χ0) is 23.5. The Hall–Kier alpha value is -3.25. The number of para-hydroxylation sites is 1. The summed E-state index contributed by atoms with van der Waals surface area (Å²) in [5, 5.41) is 2.85. The maximum Gasteiger partial charge on any atom is 0.335 e. The normalized spacial score (nSPS) is 18.7. The number of fused-ring (bicyclic) bond motifs is 1. The topological polar surface area (TPSA) is 75.7 Å². The molecule has 1 atom stereocenters. The molecule has 33 heavy (non-hydrogen) atoms. The van der Waals surface area contributed by atoms with Gasteiger partial charge in [-0.1, -0.05) is 30.3 Å². The summed E-state index contributed by atoms with van der Waals surface area (Å²) in [4.78, 5) is 40.4. The van der Waals surface area contributed by atoms with E-state index in [-0.39, 0.29) is 17.7 Å². The molecule has 4 rings (SSSR count). The highest BCUT2D eigenvalue weighted by molar-refractivity contribution is 6.20. The molecule has 0 bridgehead atoms. The van der Waals surface area contributed by atoms with Gasteiger partial charge in [0.2, 0.25) is 5.91 Å². The van der Waals surface area contributed by atoms with Crippen LogP contribution in [0.3, 0.4) is 0 Å². The summed E-state index contributed by atoms with van der Waals surface area (Å²) in [6.45, 7) is 8.02. The Morgan fingerprint density at radius 2 is 1.91 bits per heavy atom. The average Bonchev–Trinajstić information content (AvgIpc) is 2.81. The number of amides is 1. The average molecular weight is 447 g/mol. The van der Waals surface area contributed by atoms with Gasteiger partial charge in [0, 0.05) is 18.7 Å². The molecule has 0 aromatic heterocycles. The van der Waals surface area contributed by atoms with E-state index in [0.717, 1.165) is 17.7 Å². The van der Waals surface area contributed by atoms with E-state index in [9.17, 15) is 14.4 Å². The molecule has 0 fully saturated rings. The van der Waals surface area contributed by atoms with E-state index in [1.54, 1.807) is 31.2 Å². The molecule has 172 valence electrons. The second-order valence-electron chi connectivity index (χ2n) is 8.74. The third-order valence-corrected chi connectivity index (χ3v) is 6.62. The number of carbonyl (C=O) groups is 3. The van der Waals surface area contributed by atoms with Crippen molar-refractivity contribution in [3.05, 3.63) is 70.3 Å². The van der Waals surface area contributed by atoms with E-state index in [0.29, 0.717) is 49.4 Å². The van der Waals surface area contributed by atoms with Gasteiger partial charge in [0.25, 0.3) is 0 Å². The van der Waals surface area contributed by atoms with Crippen LogP contribution in [0.15, 0.2) is 48.0 Å². The first kappa shape index (κ1) is 22.9. The zero-order valence-corrected chi connectivity index (χ0v) is 19.4. The second-order valence-corrected chi connectivity index (χ2v) is 8.74. The zero-order valence-electron chi connectivity index (χ0n) is 19.4. The maximum atomic E-state index is 12.9. The summed E-state index contributed by atoms with van der Waals surface area (Å²) >= 11 is 0. The van der Waals surface area contributed by atoms with E-state index >= 15 is 0 Å². The number of aryl methyl sites for hydroxylation is 2. The highest BCUT2D eigenvalue weighted by atomic mass is 16.5. The molecule has 2 aliphatic rings. The molecule has 0 saturated carbocycles. The van der Waals surface area contributed by atoms with Crippen molar-refractivity contribution in [2.45, 2.75) is 33.6 Å². The first-order valence-corrected chi connectivity index (χ1v) is 11.5.